The summed E-state index contributed by atoms with van der Waals surface area (Å²) in [5, 5.41) is 4.49. The van der Waals surface area contributed by atoms with Crippen LogP contribution in [0.4, 0.5) is 0 Å². The van der Waals surface area contributed by atoms with Crippen molar-refractivity contribution in [1.29, 1.82) is 0 Å². The highest BCUT2D eigenvalue weighted by molar-refractivity contribution is 7.80. The first-order valence-electron chi connectivity index (χ1n) is 9.06. The van der Waals surface area contributed by atoms with Crippen LogP contribution in [0.1, 0.15) is 56.6 Å². The molecule has 5 heteroatoms. The lowest BCUT2D eigenvalue weighted by molar-refractivity contribution is 0.0823. The lowest BCUT2D eigenvalue weighted by atomic mass is 9.98. The Morgan fingerprint density at radius 1 is 1.07 bits per heavy atom. The summed E-state index contributed by atoms with van der Waals surface area (Å²) in [5.74, 6) is -0.0102. The van der Waals surface area contributed by atoms with Gasteiger partial charge in [0.1, 0.15) is 0 Å². The molecule has 0 saturated heterocycles. The van der Waals surface area contributed by atoms with Gasteiger partial charge in [-0.25, -0.2) is 0 Å². The number of hydrogen-bond acceptors (Lipinski definition) is 2. The van der Waals surface area contributed by atoms with Gasteiger partial charge in [0.15, 0.2) is 10.9 Å². The van der Waals surface area contributed by atoms with Crippen molar-refractivity contribution < 1.29 is 4.79 Å². The van der Waals surface area contributed by atoms with Crippen molar-refractivity contribution in [3.05, 3.63) is 70.7 Å². The van der Waals surface area contributed by atoms with Crippen molar-refractivity contribution in [2.45, 2.75) is 52.2 Å². The lowest BCUT2D eigenvalue weighted by Gasteiger charge is -2.42. The number of ketones is 1. The fraction of sp³-hybridized carbons (Fsp3) is 0.364. The number of nitrogens with zero attached hydrogens (tertiary/aromatic N) is 1. The van der Waals surface area contributed by atoms with E-state index in [0.29, 0.717) is 15.7 Å². The van der Waals surface area contributed by atoms with Gasteiger partial charge in [-0.2, -0.15) is 0 Å². The Bertz CT molecular complexity index is 801. The Hall–Kier alpha value is -1.91. The van der Waals surface area contributed by atoms with Crippen LogP contribution in [-0.2, 0) is 0 Å². The first kappa shape index (κ1) is 21.4. The molecule has 2 atom stereocenters. The second-order valence-corrected chi connectivity index (χ2v) is 8.50. The number of Topliss-reactive ketones (excluding diaryl/α,β-unsaturated/α-hetero) is 1. The van der Waals surface area contributed by atoms with Crippen molar-refractivity contribution in [2.24, 2.45) is 0 Å². The van der Waals surface area contributed by atoms with Gasteiger partial charge in [0.05, 0.1) is 12.1 Å². The molecule has 0 bridgehead atoms. The second-order valence-electron chi connectivity index (χ2n) is 7.67. The second kappa shape index (κ2) is 8.85. The van der Waals surface area contributed by atoms with E-state index in [0.717, 1.165) is 5.56 Å². The highest BCUT2D eigenvalue weighted by Crippen LogP contribution is 2.23. The molecule has 0 heterocycles. The largest absolute Gasteiger partial charge is 0.356 e. The van der Waals surface area contributed by atoms with E-state index in [1.54, 1.807) is 24.3 Å². The van der Waals surface area contributed by atoms with Gasteiger partial charge < -0.3 is 10.2 Å². The molecule has 2 aromatic carbocycles. The molecule has 0 aliphatic rings. The van der Waals surface area contributed by atoms with Crippen LogP contribution in [0.15, 0.2) is 54.6 Å². The summed E-state index contributed by atoms with van der Waals surface area (Å²) in [5.41, 5.74) is 1.40. The number of benzene rings is 2. The quantitative estimate of drug-likeness (QED) is 0.517. The maximum atomic E-state index is 13.1. The zero-order valence-corrected chi connectivity index (χ0v) is 18.1. The van der Waals surface area contributed by atoms with Crippen LogP contribution in [0.3, 0.4) is 0 Å². The Balaban J connectivity index is 2.24. The number of carbonyl (C=O) groups excluding carboxylic acids is 1. The van der Waals surface area contributed by atoms with Crippen molar-refractivity contribution in [2.75, 3.05) is 0 Å². The topological polar surface area (TPSA) is 32.3 Å². The SMILES string of the molecule is CC(NC(=S)N(C(C)C(=O)c1cccc(Cl)c1)C(C)(C)C)c1ccccc1. The van der Waals surface area contributed by atoms with Crippen LogP contribution in [-0.4, -0.2) is 27.4 Å². The number of halogens is 1. The molecule has 0 aliphatic heterocycles. The lowest BCUT2D eigenvalue weighted by Crippen LogP contribution is -2.57. The standard InChI is InChI=1S/C22H27ClN2OS/c1-15(17-10-7-6-8-11-17)24-21(27)25(22(3,4)5)16(2)20(26)18-12-9-13-19(23)14-18/h6-16H,1-5H3,(H,24,27). The summed E-state index contributed by atoms with van der Waals surface area (Å²) in [6, 6.07) is 16.8. The minimum atomic E-state index is -0.425. The third kappa shape index (κ3) is 5.53. The third-order valence-electron chi connectivity index (χ3n) is 4.46. The first-order chi connectivity index (χ1) is 12.6. The maximum absolute atomic E-state index is 13.1. The van der Waals surface area contributed by atoms with E-state index in [-0.39, 0.29) is 17.4 Å². The average molecular weight is 403 g/mol. The Morgan fingerprint density at radius 3 is 2.26 bits per heavy atom. The molecule has 0 aliphatic carbocycles. The van der Waals surface area contributed by atoms with Crippen molar-refractivity contribution in [3.8, 4) is 0 Å². The molecule has 0 radical (unpaired) electrons. The molecule has 0 fully saturated rings. The van der Waals surface area contributed by atoms with Crippen molar-refractivity contribution in [3.63, 3.8) is 0 Å². The van der Waals surface area contributed by atoms with Crippen LogP contribution in [0, 0.1) is 0 Å². The number of thiocarbonyl (C=S) groups is 1. The molecule has 2 unspecified atom stereocenters. The number of carbonyl (C=O) groups is 1. The van der Waals surface area contributed by atoms with E-state index in [1.807, 2.05) is 30.0 Å². The zero-order chi connectivity index (χ0) is 20.2. The van der Waals surface area contributed by atoms with Crippen LogP contribution in [0.25, 0.3) is 0 Å². The summed E-state index contributed by atoms with van der Waals surface area (Å²) in [6.07, 6.45) is 0. The molecule has 144 valence electrons. The smallest absolute Gasteiger partial charge is 0.185 e. The van der Waals surface area contributed by atoms with Gasteiger partial charge in [-0.15, -0.1) is 0 Å². The number of hydrogen-bond donors (Lipinski definition) is 1. The van der Waals surface area contributed by atoms with Gasteiger partial charge >= 0.3 is 0 Å². The van der Waals surface area contributed by atoms with Gasteiger partial charge in [0, 0.05) is 16.1 Å². The molecule has 0 saturated carbocycles. The maximum Gasteiger partial charge on any atom is 0.185 e. The monoisotopic (exact) mass is 402 g/mol. The molecule has 2 rings (SSSR count). The number of rotatable bonds is 5. The van der Waals surface area contributed by atoms with Crippen molar-refractivity contribution >= 4 is 34.7 Å². The Morgan fingerprint density at radius 2 is 1.70 bits per heavy atom. The van der Waals surface area contributed by atoms with Crippen LogP contribution < -0.4 is 5.32 Å². The number of nitrogens with one attached hydrogen (secondary N) is 1. The van der Waals surface area contributed by atoms with Crippen LogP contribution in [0.2, 0.25) is 5.02 Å². The highest BCUT2D eigenvalue weighted by atomic mass is 35.5. The molecule has 1 N–H and O–H groups in total. The van der Waals surface area contributed by atoms with E-state index in [2.05, 4.69) is 45.1 Å². The summed E-state index contributed by atoms with van der Waals surface area (Å²) in [6.45, 7) is 10.1. The first-order valence-corrected chi connectivity index (χ1v) is 9.84. The van der Waals surface area contributed by atoms with Gasteiger partial charge in [0.25, 0.3) is 0 Å². The molecule has 2 aromatic rings. The molecule has 3 nitrogen and oxygen atoms in total. The normalized spacial score (nSPS) is 13.6. The molecule has 0 spiro atoms. The van der Waals surface area contributed by atoms with E-state index >= 15 is 0 Å². The van der Waals surface area contributed by atoms with Crippen LogP contribution >= 0.6 is 23.8 Å². The predicted octanol–water partition coefficient (Wildman–Crippen LogP) is 5.65. The van der Waals surface area contributed by atoms with Crippen LogP contribution in [0.5, 0.6) is 0 Å². The molecule has 27 heavy (non-hydrogen) atoms. The van der Waals surface area contributed by atoms with Gasteiger partial charge in [-0.3, -0.25) is 4.79 Å². The molecular formula is C22H27ClN2OS. The van der Waals surface area contributed by atoms with Gasteiger partial charge in [-0.05, 0) is 64.5 Å². The van der Waals surface area contributed by atoms with Crippen molar-refractivity contribution in [1.82, 2.24) is 10.2 Å². The summed E-state index contributed by atoms with van der Waals surface area (Å²) in [7, 11) is 0. The third-order valence-corrected chi connectivity index (χ3v) is 5.01. The summed E-state index contributed by atoms with van der Waals surface area (Å²) >= 11 is 11.8. The van der Waals surface area contributed by atoms with E-state index in [1.165, 1.54) is 0 Å². The molecule has 0 aromatic heterocycles. The fourth-order valence-corrected chi connectivity index (χ4v) is 3.94. The summed E-state index contributed by atoms with van der Waals surface area (Å²) < 4.78 is 0. The Kier molecular flexibility index (Phi) is 7.01. The zero-order valence-electron chi connectivity index (χ0n) is 16.5. The minimum Gasteiger partial charge on any atom is -0.356 e. The minimum absolute atomic E-state index is 0.0102. The van der Waals surface area contributed by atoms with E-state index < -0.39 is 6.04 Å². The average Bonchev–Trinajstić information content (AvgIpc) is 2.60. The fourth-order valence-electron chi connectivity index (χ4n) is 3.14. The molecule has 0 amide bonds. The Labute approximate surface area is 172 Å². The molecular weight excluding hydrogens is 376 g/mol. The highest BCUT2D eigenvalue weighted by Gasteiger charge is 2.33. The predicted molar refractivity (Wildman–Crippen MR) is 117 cm³/mol. The summed E-state index contributed by atoms with van der Waals surface area (Å²) in [4.78, 5) is 15.0. The van der Waals surface area contributed by atoms with Gasteiger partial charge in [0.2, 0.25) is 0 Å². The van der Waals surface area contributed by atoms with Gasteiger partial charge in [-0.1, -0.05) is 54.1 Å². The van der Waals surface area contributed by atoms with E-state index in [9.17, 15) is 4.79 Å². The van der Waals surface area contributed by atoms with E-state index in [4.69, 9.17) is 23.8 Å².